The lowest BCUT2D eigenvalue weighted by molar-refractivity contribution is -0.123. The highest BCUT2D eigenvalue weighted by molar-refractivity contribution is 7.17. The van der Waals surface area contributed by atoms with E-state index in [0.29, 0.717) is 22.2 Å². The second kappa shape index (κ2) is 9.80. The Morgan fingerprint density at radius 2 is 1.90 bits per heavy atom. The summed E-state index contributed by atoms with van der Waals surface area (Å²) in [5.74, 6) is -1.40. The summed E-state index contributed by atoms with van der Waals surface area (Å²) >= 11 is 1.10. The molecule has 7 nitrogen and oxygen atoms in total. The van der Waals surface area contributed by atoms with Crippen molar-refractivity contribution in [3.8, 4) is 10.6 Å². The number of urea groups is 1. The molecule has 1 aromatic carbocycles. The number of carbonyl (C=O) groups is 3. The second-order valence-electron chi connectivity index (χ2n) is 7.41. The molecular weight excluding hydrogens is 409 g/mol. The van der Waals surface area contributed by atoms with E-state index in [0.717, 1.165) is 37.0 Å². The molecule has 1 saturated carbocycles. The van der Waals surface area contributed by atoms with Gasteiger partial charge in [-0.3, -0.25) is 10.1 Å². The van der Waals surface area contributed by atoms with Crippen LogP contribution in [-0.2, 0) is 9.53 Å². The van der Waals surface area contributed by atoms with Gasteiger partial charge in [-0.1, -0.05) is 19.8 Å². The lowest BCUT2D eigenvalue weighted by atomic mass is 9.86. The van der Waals surface area contributed by atoms with Gasteiger partial charge >= 0.3 is 12.0 Å². The molecule has 3 rings (SSSR count). The third-order valence-corrected chi connectivity index (χ3v) is 6.27. The number of halogens is 1. The molecule has 0 spiro atoms. The summed E-state index contributed by atoms with van der Waals surface area (Å²) in [5.41, 5.74) is 1.13. The Morgan fingerprint density at radius 1 is 1.20 bits per heavy atom. The third-order valence-electron chi connectivity index (χ3n) is 5.09. The van der Waals surface area contributed by atoms with Gasteiger partial charge in [-0.25, -0.2) is 19.0 Å². The molecule has 30 heavy (non-hydrogen) atoms. The number of nitrogens with one attached hydrogen (secondary N) is 2. The molecule has 2 N–H and O–H groups in total. The Bertz CT molecular complexity index is 929. The zero-order chi connectivity index (χ0) is 21.7. The molecule has 0 aliphatic heterocycles. The van der Waals surface area contributed by atoms with Crippen LogP contribution in [-0.4, -0.2) is 35.5 Å². The van der Waals surface area contributed by atoms with Crippen LogP contribution >= 0.6 is 11.3 Å². The number of amides is 3. The van der Waals surface area contributed by atoms with Crippen LogP contribution < -0.4 is 10.6 Å². The number of ether oxygens (including phenoxy) is 1. The number of rotatable bonds is 5. The van der Waals surface area contributed by atoms with Crippen LogP contribution in [0.4, 0.5) is 9.18 Å². The van der Waals surface area contributed by atoms with Crippen molar-refractivity contribution in [1.29, 1.82) is 0 Å². The van der Waals surface area contributed by atoms with Crippen LogP contribution in [0.15, 0.2) is 24.3 Å². The highest BCUT2D eigenvalue weighted by atomic mass is 32.1. The molecule has 2 atom stereocenters. The summed E-state index contributed by atoms with van der Waals surface area (Å²) in [6, 6.07) is 5.23. The smallest absolute Gasteiger partial charge is 0.350 e. The predicted molar refractivity (Wildman–Crippen MR) is 111 cm³/mol. The number of aromatic nitrogens is 1. The number of thiazole rings is 1. The number of benzene rings is 1. The van der Waals surface area contributed by atoms with E-state index in [1.807, 2.05) is 0 Å². The molecule has 0 bridgehead atoms. The molecule has 2 unspecified atom stereocenters. The van der Waals surface area contributed by atoms with Gasteiger partial charge in [0.25, 0.3) is 5.91 Å². The minimum atomic E-state index is -0.703. The van der Waals surface area contributed by atoms with Crippen molar-refractivity contribution in [2.45, 2.75) is 45.6 Å². The van der Waals surface area contributed by atoms with E-state index >= 15 is 0 Å². The first-order valence-electron chi connectivity index (χ1n) is 9.84. The van der Waals surface area contributed by atoms with Crippen LogP contribution in [0.5, 0.6) is 0 Å². The minimum absolute atomic E-state index is 0.0406. The first kappa shape index (κ1) is 21.9. The topological polar surface area (TPSA) is 97.4 Å². The van der Waals surface area contributed by atoms with Gasteiger partial charge in [-0.2, -0.15) is 0 Å². The standard InChI is InChI=1S/C21H24FN3O4S/c1-12-5-3-4-6-16(12)24-21(28)25-17(26)11-29-20(27)18-13(2)23-19(30-18)14-7-9-15(22)10-8-14/h7-10,12,16H,3-6,11H2,1-2H3,(H2,24,25,26,28). The maximum absolute atomic E-state index is 13.1. The van der Waals surface area contributed by atoms with Gasteiger partial charge in [0.1, 0.15) is 15.7 Å². The van der Waals surface area contributed by atoms with Crippen molar-refractivity contribution >= 4 is 29.2 Å². The van der Waals surface area contributed by atoms with E-state index in [4.69, 9.17) is 4.74 Å². The number of aryl methyl sites for hydroxylation is 1. The number of esters is 1. The van der Waals surface area contributed by atoms with Crippen LogP contribution in [0, 0.1) is 18.7 Å². The maximum Gasteiger partial charge on any atom is 0.350 e. The summed E-state index contributed by atoms with van der Waals surface area (Å²) < 4.78 is 18.1. The van der Waals surface area contributed by atoms with E-state index in [2.05, 4.69) is 22.5 Å². The zero-order valence-corrected chi connectivity index (χ0v) is 17.7. The molecule has 1 fully saturated rings. The van der Waals surface area contributed by atoms with Crippen molar-refractivity contribution in [3.63, 3.8) is 0 Å². The monoisotopic (exact) mass is 433 g/mol. The molecule has 2 aromatic rings. The van der Waals surface area contributed by atoms with Crippen molar-refractivity contribution in [1.82, 2.24) is 15.6 Å². The third kappa shape index (κ3) is 5.63. The summed E-state index contributed by atoms with van der Waals surface area (Å²) in [6.45, 7) is 3.15. The van der Waals surface area contributed by atoms with E-state index in [1.165, 1.54) is 12.1 Å². The van der Waals surface area contributed by atoms with Crippen LogP contribution in [0.1, 0.15) is 48.0 Å². The molecule has 1 aromatic heterocycles. The van der Waals surface area contributed by atoms with Gasteiger partial charge in [0.05, 0.1) is 5.69 Å². The van der Waals surface area contributed by atoms with E-state index in [1.54, 1.807) is 19.1 Å². The fourth-order valence-electron chi connectivity index (χ4n) is 3.40. The highest BCUT2D eigenvalue weighted by Gasteiger charge is 2.24. The minimum Gasteiger partial charge on any atom is -0.451 e. The van der Waals surface area contributed by atoms with Crippen LogP contribution in [0.25, 0.3) is 10.6 Å². The maximum atomic E-state index is 13.1. The lowest BCUT2D eigenvalue weighted by Crippen LogP contribution is -2.48. The van der Waals surface area contributed by atoms with Gasteiger partial charge in [-0.05, 0) is 49.9 Å². The number of carbonyl (C=O) groups excluding carboxylic acids is 3. The van der Waals surface area contributed by atoms with E-state index in [9.17, 15) is 18.8 Å². The Hall–Kier alpha value is -2.81. The Balaban J connectivity index is 1.50. The Morgan fingerprint density at radius 3 is 2.60 bits per heavy atom. The molecule has 160 valence electrons. The summed E-state index contributed by atoms with van der Waals surface area (Å²) in [7, 11) is 0. The molecular formula is C21H24FN3O4S. The number of nitrogens with zero attached hydrogens (tertiary/aromatic N) is 1. The molecule has 9 heteroatoms. The first-order valence-corrected chi connectivity index (χ1v) is 10.7. The average molecular weight is 434 g/mol. The Labute approximate surface area is 178 Å². The van der Waals surface area contributed by atoms with E-state index in [-0.39, 0.29) is 16.7 Å². The fraction of sp³-hybridized carbons (Fsp3) is 0.429. The highest BCUT2D eigenvalue weighted by Crippen LogP contribution is 2.28. The second-order valence-corrected chi connectivity index (χ2v) is 8.41. The van der Waals surface area contributed by atoms with Crippen LogP contribution in [0.2, 0.25) is 0 Å². The molecule has 1 aliphatic carbocycles. The number of hydrogen-bond donors (Lipinski definition) is 2. The van der Waals surface area contributed by atoms with Gasteiger partial charge in [-0.15, -0.1) is 11.3 Å². The molecule has 0 saturated heterocycles. The molecule has 1 heterocycles. The summed E-state index contributed by atoms with van der Waals surface area (Å²) in [4.78, 5) is 40.8. The van der Waals surface area contributed by atoms with Crippen LogP contribution in [0.3, 0.4) is 0 Å². The van der Waals surface area contributed by atoms with Crippen molar-refractivity contribution in [2.24, 2.45) is 5.92 Å². The van der Waals surface area contributed by atoms with Crippen molar-refractivity contribution < 1.29 is 23.5 Å². The largest absolute Gasteiger partial charge is 0.451 e. The zero-order valence-electron chi connectivity index (χ0n) is 16.9. The first-order chi connectivity index (χ1) is 14.3. The van der Waals surface area contributed by atoms with Crippen molar-refractivity contribution in [2.75, 3.05) is 6.61 Å². The average Bonchev–Trinajstić information content (AvgIpc) is 3.10. The van der Waals surface area contributed by atoms with Crippen molar-refractivity contribution in [3.05, 3.63) is 40.7 Å². The number of hydrogen-bond acceptors (Lipinski definition) is 6. The van der Waals surface area contributed by atoms with E-state index < -0.39 is 24.5 Å². The SMILES string of the molecule is Cc1nc(-c2ccc(F)cc2)sc1C(=O)OCC(=O)NC(=O)NC1CCCCC1C. The molecule has 0 radical (unpaired) electrons. The van der Waals surface area contributed by atoms with Gasteiger partial charge in [0.15, 0.2) is 6.61 Å². The molecule has 1 aliphatic rings. The fourth-order valence-corrected chi connectivity index (χ4v) is 4.36. The van der Waals surface area contributed by atoms with Gasteiger partial charge in [0, 0.05) is 11.6 Å². The molecule has 3 amide bonds. The summed E-state index contributed by atoms with van der Waals surface area (Å²) in [6.07, 6.45) is 4.13. The predicted octanol–water partition coefficient (Wildman–Crippen LogP) is 3.82. The quantitative estimate of drug-likeness (QED) is 0.699. The Kier molecular flexibility index (Phi) is 7.15. The number of imide groups is 1. The normalized spacial score (nSPS) is 18.5. The van der Waals surface area contributed by atoms with Gasteiger partial charge < -0.3 is 10.1 Å². The van der Waals surface area contributed by atoms with Gasteiger partial charge in [0.2, 0.25) is 0 Å². The summed E-state index contributed by atoms with van der Waals surface area (Å²) in [5, 5.41) is 5.55. The lowest BCUT2D eigenvalue weighted by Gasteiger charge is -2.29.